The first kappa shape index (κ1) is 14.6. The third-order valence-corrected chi connectivity index (χ3v) is 3.33. The first-order valence-corrected chi connectivity index (χ1v) is 5.82. The molecule has 3 N–H and O–H groups in total. The Balaban J connectivity index is 2.78. The van der Waals surface area contributed by atoms with Crippen molar-refractivity contribution in [2.24, 2.45) is 0 Å². The number of hydrogen-bond acceptors (Lipinski definition) is 4. The zero-order valence-electron chi connectivity index (χ0n) is 9.49. The van der Waals surface area contributed by atoms with Crippen LogP contribution in [0.3, 0.4) is 0 Å². The largest absolute Gasteiger partial charge is 0.479 e. The van der Waals surface area contributed by atoms with Gasteiger partial charge in [-0.1, -0.05) is 11.6 Å². The molecule has 0 saturated carbocycles. The summed E-state index contributed by atoms with van der Waals surface area (Å²) in [6, 6.07) is 2.90. The van der Waals surface area contributed by atoms with E-state index in [4.69, 9.17) is 28.3 Å². The van der Waals surface area contributed by atoms with E-state index in [2.05, 4.69) is 4.84 Å². The molecule has 106 valence electrons. The highest BCUT2D eigenvalue weighted by Crippen LogP contribution is 2.41. The van der Waals surface area contributed by atoms with E-state index < -0.39 is 34.1 Å². The zero-order chi connectivity index (χ0) is 15.1. The summed E-state index contributed by atoms with van der Waals surface area (Å²) < 4.78 is 13.3. The molecule has 0 radical (unpaired) electrons. The predicted molar refractivity (Wildman–Crippen MR) is 65.5 cm³/mol. The molecular formula is C11H6Cl2FNO5. The smallest absolute Gasteiger partial charge is 0.339 e. The number of carboxylic acid groups (broad SMARTS) is 2. The van der Waals surface area contributed by atoms with Crippen molar-refractivity contribution in [3.05, 3.63) is 45.4 Å². The Morgan fingerprint density at radius 2 is 1.95 bits per heavy atom. The molecule has 0 saturated heterocycles. The lowest BCUT2D eigenvalue weighted by Gasteiger charge is -2.25. The molecule has 1 aliphatic heterocycles. The Labute approximate surface area is 121 Å². The molecule has 0 aromatic heterocycles. The normalized spacial score (nSPS) is 21.8. The predicted octanol–water partition coefficient (Wildman–Crippen LogP) is 1.83. The molecule has 20 heavy (non-hydrogen) atoms. The van der Waals surface area contributed by atoms with E-state index in [1.54, 1.807) is 0 Å². The van der Waals surface area contributed by atoms with E-state index in [-0.39, 0.29) is 10.6 Å². The van der Waals surface area contributed by atoms with Gasteiger partial charge in [0.1, 0.15) is 11.4 Å². The van der Waals surface area contributed by atoms with Gasteiger partial charge in [0.2, 0.25) is 10.8 Å². The van der Waals surface area contributed by atoms with Gasteiger partial charge in [-0.3, -0.25) is 0 Å². The molecule has 1 atom stereocenters. The second-order valence-electron chi connectivity index (χ2n) is 3.84. The molecule has 2 rings (SSSR count). The highest BCUT2D eigenvalue weighted by atomic mass is 35.5. The number of carbonyl (C=O) groups is 2. The van der Waals surface area contributed by atoms with Crippen LogP contribution >= 0.6 is 23.2 Å². The quantitative estimate of drug-likeness (QED) is 0.786. The fourth-order valence-corrected chi connectivity index (χ4v) is 2.38. The molecular weight excluding hydrogens is 316 g/mol. The third kappa shape index (κ3) is 2.00. The molecule has 0 spiro atoms. The summed E-state index contributed by atoms with van der Waals surface area (Å²) in [6.45, 7) is 0. The van der Waals surface area contributed by atoms with Gasteiger partial charge in [-0.2, -0.15) is 0 Å². The van der Waals surface area contributed by atoms with Crippen LogP contribution in [-0.4, -0.2) is 22.2 Å². The van der Waals surface area contributed by atoms with E-state index in [9.17, 15) is 19.1 Å². The number of nitrogens with one attached hydrogen (secondary N) is 1. The lowest BCUT2D eigenvalue weighted by Crippen LogP contribution is -2.48. The van der Waals surface area contributed by atoms with Gasteiger partial charge < -0.3 is 15.1 Å². The monoisotopic (exact) mass is 321 g/mol. The van der Waals surface area contributed by atoms with Gasteiger partial charge in [-0.25, -0.2) is 14.0 Å². The van der Waals surface area contributed by atoms with Crippen molar-refractivity contribution in [3.8, 4) is 0 Å². The van der Waals surface area contributed by atoms with Gasteiger partial charge in [0.25, 0.3) is 0 Å². The zero-order valence-corrected chi connectivity index (χ0v) is 11.0. The Hall–Kier alpha value is -1.83. The average Bonchev–Trinajstić information content (AvgIpc) is 2.71. The van der Waals surface area contributed by atoms with Gasteiger partial charge in [-0.05, 0) is 29.8 Å². The lowest BCUT2D eigenvalue weighted by atomic mass is 9.84. The minimum atomic E-state index is -2.40. The molecule has 1 heterocycles. The van der Waals surface area contributed by atoms with Crippen LogP contribution in [0.15, 0.2) is 29.0 Å². The van der Waals surface area contributed by atoms with Crippen molar-refractivity contribution in [3.63, 3.8) is 0 Å². The summed E-state index contributed by atoms with van der Waals surface area (Å²) in [6.07, 6.45) is 0. The maximum absolute atomic E-state index is 13.3. The van der Waals surface area contributed by atoms with E-state index >= 15 is 0 Å². The number of aliphatic carboxylic acids is 2. The molecule has 0 bridgehead atoms. The topological polar surface area (TPSA) is 95.9 Å². The van der Waals surface area contributed by atoms with Crippen LogP contribution in [-0.2, 0) is 20.0 Å². The highest BCUT2D eigenvalue weighted by Gasteiger charge is 2.55. The van der Waals surface area contributed by atoms with Crippen molar-refractivity contribution in [2.45, 2.75) is 5.54 Å². The van der Waals surface area contributed by atoms with Crippen molar-refractivity contribution < 1.29 is 29.0 Å². The number of rotatable bonds is 3. The fraction of sp³-hybridized carbons (Fsp3) is 0.0909. The number of hydroxylamine groups is 1. The maximum Gasteiger partial charge on any atom is 0.339 e. The Morgan fingerprint density at radius 3 is 2.50 bits per heavy atom. The summed E-state index contributed by atoms with van der Waals surface area (Å²) in [5.74, 6) is -4.08. The van der Waals surface area contributed by atoms with Crippen molar-refractivity contribution in [1.29, 1.82) is 0 Å². The van der Waals surface area contributed by atoms with Crippen LogP contribution < -0.4 is 5.48 Å². The molecule has 0 aliphatic carbocycles. The molecule has 0 amide bonds. The molecule has 1 unspecified atom stereocenters. The van der Waals surface area contributed by atoms with Crippen molar-refractivity contribution in [1.82, 2.24) is 5.48 Å². The first-order chi connectivity index (χ1) is 9.30. The number of carboxylic acids is 2. The SMILES string of the molecule is O=C(O)C1=C(Cl)ONC1(C(=O)O)c1cc(F)ccc1Cl. The van der Waals surface area contributed by atoms with Crippen LogP contribution in [0.5, 0.6) is 0 Å². The average molecular weight is 322 g/mol. The second kappa shape index (κ2) is 4.93. The minimum Gasteiger partial charge on any atom is -0.479 e. The fourth-order valence-electron chi connectivity index (χ4n) is 1.86. The summed E-state index contributed by atoms with van der Waals surface area (Å²) in [7, 11) is 0. The van der Waals surface area contributed by atoms with Crippen molar-refractivity contribution >= 4 is 35.1 Å². The van der Waals surface area contributed by atoms with Gasteiger partial charge in [0, 0.05) is 10.6 Å². The van der Waals surface area contributed by atoms with Gasteiger partial charge in [0.15, 0.2) is 0 Å². The van der Waals surface area contributed by atoms with E-state index in [1.807, 2.05) is 5.48 Å². The van der Waals surface area contributed by atoms with Gasteiger partial charge >= 0.3 is 11.9 Å². The van der Waals surface area contributed by atoms with Gasteiger partial charge in [-0.15, -0.1) is 5.48 Å². The second-order valence-corrected chi connectivity index (χ2v) is 4.59. The molecule has 9 heteroatoms. The summed E-state index contributed by atoms with van der Waals surface area (Å²) in [5.41, 5.74) is -1.53. The van der Waals surface area contributed by atoms with Crippen LogP contribution in [0.25, 0.3) is 0 Å². The summed E-state index contributed by atoms with van der Waals surface area (Å²) in [4.78, 5) is 27.4. The summed E-state index contributed by atoms with van der Waals surface area (Å²) >= 11 is 11.4. The molecule has 1 aliphatic rings. The Morgan fingerprint density at radius 1 is 1.30 bits per heavy atom. The van der Waals surface area contributed by atoms with E-state index in [0.29, 0.717) is 0 Å². The lowest BCUT2D eigenvalue weighted by molar-refractivity contribution is -0.149. The number of hydrogen-bond donors (Lipinski definition) is 3. The maximum atomic E-state index is 13.3. The number of benzene rings is 1. The molecule has 1 aromatic carbocycles. The number of halogens is 3. The van der Waals surface area contributed by atoms with E-state index in [1.165, 1.54) is 0 Å². The van der Waals surface area contributed by atoms with E-state index in [0.717, 1.165) is 18.2 Å². The van der Waals surface area contributed by atoms with Gasteiger partial charge in [0.05, 0.1) is 0 Å². The minimum absolute atomic E-state index is 0.157. The molecule has 1 aromatic rings. The Bertz CT molecular complexity index is 648. The van der Waals surface area contributed by atoms with Crippen LogP contribution in [0.1, 0.15) is 5.56 Å². The highest BCUT2D eigenvalue weighted by molar-refractivity contribution is 6.33. The van der Waals surface area contributed by atoms with Crippen LogP contribution in [0.2, 0.25) is 5.02 Å². The first-order valence-electron chi connectivity index (χ1n) is 5.07. The van der Waals surface area contributed by atoms with Crippen LogP contribution in [0, 0.1) is 5.82 Å². The summed E-state index contributed by atoms with van der Waals surface area (Å²) in [5, 5.41) is 17.7. The molecule has 0 fully saturated rings. The van der Waals surface area contributed by atoms with Crippen molar-refractivity contribution in [2.75, 3.05) is 0 Å². The standard InChI is InChI=1S/C11H6Cl2FNO5/c12-6-2-1-4(14)3-5(6)11(10(18)19)7(9(16)17)8(13)20-15-11/h1-3,15H,(H,16,17)(H,18,19). The molecule has 6 nitrogen and oxygen atoms in total. The van der Waals surface area contributed by atoms with Crippen LogP contribution in [0.4, 0.5) is 4.39 Å². The Kier molecular flexibility index (Phi) is 3.59. The third-order valence-electron chi connectivity index (χ3n) is 2.73.